The zero-order chi connectivity index (χ0) is 12.8. The minimum Gasteiger partial charge on any atom is -0.494 e. The lowest BCUT2D eigenvalue weighted by molar-refractivity contribution is 0.250. The van der Waals surface area contributed by atoms with Crippen molar-refractivity contribution in [3.63, 3.8) is 0 Å². The van der Waals surface area contributed by atoms with Gasteiger partial charge < -0.3 is 10.5 Å². The number of likely N-dealkylation sites (tertiary alicyclic amines) is 1. The van der Waals surface area contributed by atoms with Crippen LogP contribution >= 0.6 is 0 Å². The Morgan fingerprint density at radius 2 is 2.11 bits per heavy atom. The minimum absolute atomic E-state index is 0.570. The van der Waals surface area contributed by atoms with E-state index in [1.807, 2.05) is 0 Å². The number of rotatable bonds is 6. The van der Waals surface area contributed by atoms with Crippen molar-refractivity contribution in [1.29, 1.82) is 0 Å². The third-order valence-corrected chi connectivity index (χ3v) is 3.55. The molecule has 18 heavy (non-hydrogen) atoms. The molecule has 1 atom stereocenters. The molecule has 0 bridgehead atoms. The van der Waals surface area contributed by atoms with E-state index in [9.17, 15) is 0 Å². The Morgan fingerprint density at radius 3 is 2.78 bits per heavy atom. The van der Waals surface area contributed by atoms with Gasteiger partial charge in [0.25, 0.3) is 0 Å². The molecule has 2 rings (SSSR count). The summed E-state index contributed by atoms with van der Waals surface area (Å²) in [6, 6.07) is 9.03. The van der Waals surface area contributed by atoms with Gasteiger partial charge in [0.05, 0.1) is 6.61 Å². The Labute approximate surface area is 110 Å². The highest BCUT2D eigenvalue weighted by atomic mass is 16.5. The van der Waals surface area contributed by atoms with E-state index in [2.05, 4.69) is 36.1 Å². The minimum atomic E-state index is 0.570. The van der Waals surface area contributed by atoms with Gasteiger partial charge in [-0.25, -0.2) is 0 Å². The van der Waals surface area contributed by atoms with Crippen molar-refractivity contribution in [1.82, 2.24) is 4.90 Å². The van der Waals surface area contributed by atoms with Crippen molar-refractivity contribution in [3.05, 3.63) is 29.8 Å². The molecule has 2 N–H and O–H groups in total. The van der Waals surface area contributed by atoms with E-state index >= 15 is 0 Å². The molecule has 0 aliphatic carbocycles. The van der Waals surface area contributed by atoms with Crippen LogP contribution < -0.4 is 10.5 Å². The first-order valence-electron chi connectivity index (χ1n) is 6.99. The number of nitrogens with two attached hydrogens (primary N) is 1. The van der Waals surface area contributed by atoms with Gasteiger partial charge in [0.2, 0.25) is 0 Å². The van der Waals surface area contributed by atoms with Crippen LogP contribution in [0.25, 0.3) is 0 Å². The van der Waals surface area contributed by atoms with Crippen molar-refractivity contribution < 1.29 is 4.74 Å². The molecule has 1 heterocycles. The van der Waals surface area contributed by atoms with Crippen LogP contribution in [0.5, 0.6) is 5.75 Å². The van der Waals surface area contributed by atoms with E-state index in [-0.39, 0.29) is 0 Å². The van der Waals surface area contributed by atoms with Gasteiger partial charge in [-0.05, 0) is 43.5 Å². The van der Waals surface area contributed by atoms with Gasteiger partial charge in [-0.1, -0.05) is 19.1 Å². The maximum Gasteiger partial charge on any atom is 0.119 e. The van der Waals surface area contributed by atoms with E-state index in [0.29, 0.717) is 6.04 Å². The zero-order valence-electron chi connectivity index (χ0n) is 11.3. The monoisotopic (exact) mass is 248 g/mol. The lowest BCUT2D eigenvalue weighted by Gasteiger charge is -2.23. The largest absolute Gasteiger partial charge is 0.494 e. The number of hydrogen-bond donors (Lipinski definition) is 1. The summed E-state index contributed by atoms with van der Waals surface area (Å²) in [5.41, 5.74) is 7.14. The maximum absolute atomic E-state index is 5.80. The van der Waals surface area contributed by atoms with E-state index in [0.717, 1.165) is 31.9 Å². The van der Waals surface area contributed by atoms with E-state index in [1.54, 1.807) is 0 Å². The number of nitrogens with zero attached hydrogens (tertiary/aromatic N) is 1. The van der Waals surface area contributed by atoms with Crippen LogP contribution in [0.3, 0.4) is 0 Å². The molecule has 3 heteroatoms. The maximum atomic E-state index is 5.80. The molecule has 0 saturated carbocycles. The smallest absolute Gasteiger partial charge is 0.119 e. The van der Waals surface area contributed by atoms with Crippen LogP contribution in [0, 0.1) is 0 Å². The molecular formula is C15H24N2O. The lowest BCUT2D eigenvalue weighted by atomic mass is 10.2. The zero-order valence-corrected chi connectivity index (χ0v) is 11.3. The van der Waals surface area contributed by atoms with Crippen molar-refractivity contribution in [2.75, 3.05) is 19.7 Å². The van der Waals surface area contributed by atoms with Gasteiger partial charge >= 0.3 is 0 Å². The first-order valence-corrected chi connectivity index (χ1v) is 6.99. The third kappa shape index (κ3) is 3.47. The van der Waals surface area contributed by atoms with E-state index in [4.69, 9.17) is 10.5 Å². The van der Waals surface area contributed by atoms with Gasteiger partial charge in [-0.2, -0.15) is 0 Å². The highest BCUT2D eigenvalue weighted by molar-refractivity contribution is 5.27. The molecule has 100 valence electrons. The first kappa shape index (κ1) is 13.4. The molecule has 0 radical (unpaired) electrons. The molecule has 0 aromatic heterocycles. The average Bonchev–Trinajstić information content (AvgIpc) is 2.85. The molecule has 1 unspecified atom stereocenters. The van der Waals surface area contributed by atoms with Crippen LogP contribution in [0.1, 0.15) is 31.7 Å². The van der Waals surface area contributed by atoms with Crippen LogP contribution in [0.15, 0.2) is 24.3 Å². The molecule has 1 aromatic carbocycles. The highest BCUT2D eigenvalue weighted by Gasteiger charge is 2.22. The Kier molecular flexibility index (Phi) is 5.02. The highest BCUT2D eigenvalue weighted by Crippen LogP contribution is 2.20. The van der Waals surface area contributed by atoms with Gasteiger partial charge in [0.15, 0.2) is 0 Å². The summed E-state index contributed by atoms with van der Waals surface area (Å²) in [7, 11) is 0. The summed E-state index contributed by atoms with van der Waals surface area (Å²) in [5.74, 6) is 0.970. The predicted molar refractivity (Wildman–Crippen MR) is 74.7 cm³/mol. The van der Waals surface area contributed by atoms with Crippen molar-refractivity contribution in [2.24, 2.45) is 5.73 Å². The Hall–Kier alpha value is -1.06. The van der Waals surface area contributed by atoms with Crippen molar-refractivity contribution in [2.45, 2.75) is 38.8 Å². The van der Waals surface area contributed by atoms with E-state index in [1.165, 1.54) is 24.9 Å². The fourth-order valence-corrected chi connectivity index (χ4v) is 2.52. The second kappa shape index (κ2) is 6.76. The summed E-state index contributed by atoms with van der Waals surface area (Å²) in [6.45, 7) is 5.87. The number of hydrogen-bond acceptors (Lipinski definition) is 3. The number of ether oxygens (including phenoxy) is 1. The van der Waals surface area contributed by atoms with Gasteiger partial charge in [-0.3, -0.25) is 4.90 Å². The summed E-state index contributed by atoms with van der Waals surface area (Å²) in [6.07, 6.45) is 3.57. The Morgan fingerprint density at radius 1 is 1.33 bits per heavy atom. The van der Waals surface area contributed by atoms with Crippen molar-refractivity contribution in [3.8, 4) is 5.75 Å². The summed E-state index contributed by atoms with van der Waals surface area (Å²) < 4.78 is 5.59. The predicted octanol–water partition coefficient (Wildman–Crippen LogP) is 2.40. The van der Waals surface area contributed by atoms with Crippen molar-refractivity contribution >= 4 is 0 Å². The SMILES string of the molecule is CCCOc1ccc(CN2CCCC2CN)cc1. The standard InChI is InChI=1S/C15H24N2O/c1-2-10-18-15-7-5-13(6-8-15)12-17-9-3-4-14(17)11-16/h5-8,14H,2-4,9-12,16H2,1H3. The molecule has 0 spiro atoms. The molecule has 3 nitrogen and oxygen atoms in total. The lowest BCUT2D eigenvalue weighted by Crippen LogP contribution is -2.34. The quantitative estimate of drug-likeness (QED) is 0.840. The van der Waals surface area contributed by atoms with Crippen LogP contribution in [-0.2, 0) is 6.54 Å². The third-order valence-electron chi connectivity index (χ3n) is 3.55. The van der Waals surface area contributed by atoms with Gasteiger partial charge in [0.1, 0.15) is 5.75 Å². The molecule has 1 saturated heterocycles. The van der Waals surface area contributed by atoms with Gasteiger partial charge in [-0.15, -0.1) is 0 Å². The van der Waals surface area contributed by atoms with E-state index < -0.39 is 0 Å². The Bertz CT molecular complexity index is 350. The second-order valence-electron chi connectivity index (χ2n) is 4.99. The summed E-state index contributed by atoms with van der Waals surface area (Å²) in [5, 5.41) is 0. The topological polar surface area (TPSA) is 38.5 Å². The van der Waals surface area contributed by atoms with Crippen LogP contribution in [-0.4, -0.2) is 30.6 Å². The Balaban J connectivity index is 1.89. The normalized spacial score (nSPS) is 20.2. The summed E-state index contributed by atoms with van der Waals surface area (Å²) in [4.78, 5) is 2.49. The molecule has 1 fully saturated rings. The number of benzene rings is 1. The second-order valence-corrected chi connectivity index (χ2v) is 4.99. The molecular weight excluding hydrogens is 224 g/mol. The molecule has 1 aromatic rings. The van der Waals surface area contributed by atoms with Gasteiger partial charge in [0, 0.05) is 19.1 Å². The molecule has 0 amide bonds. The molecule has 1 aliphatic rings. The van der Waals surface area contributed by atoms with Crippen LogP contribution in [0.2, 0.25) is 0 Å². The summed E-state index contributed by atoms with van der Waals surface area (Å²) >= 11 is 0. The van der Waals surface area contributed by atoms with Crippen LogP contribution in [0.4, 0.5) is 0 Å². The first-order chi connectivity index (χ1) is 8.83. The molecule has 1 aliphatic heterocycles. The fraction of sp³-hybridized carbons (Fsp3) is 0.600. The fourth-order valence-electron chi connectivity index (χ4n) is 2.52. The average molecular weight is 248 g/mol.